The fourth-order valence-corrected chi connectivity index (χ4v) is 3.52. The number of rotatable bonds is 7. The summed E-state index contributed by atoms with van der Waals surface area (Å²) in [4.78, 5) is 50.2. The predicted molar refractivity (Wildman–Crippen MR) is 110 cm³/mol. The first kappa shape index (κ1) is 22.4. The summed E-state index contributed by atoms with van der Waals surface area (Å²) in [6, 6.07) is 3.18. The van der Waals surface area contributed by atoms with Crippen LogP contribution in [0.25, 0.3) is 0 Å². The normalized spacial score (nSPS) is 19.7. The number of anilines is 1. The Morgan fingerprint density at radius 3 is 2.42 bits per heavy atom. The summed E-state index contributed by atoms with van der Waals surface area (Å²) >= 11 is 0. The number of carbonyl (C=O) groups is 4. The van der Waals surface area contributed by atoms with Crippen LogP contribution in [0.5, 0.6) is 11.5 Å². The van der Waals surface area contributed by atoms with Crippen LogP contribution < -0.4 is 25.0 Å². The molecule has 2 heterocycles. The van der Waals surface area contributed by atoms with Crippen molar-refractivity contribution in [2.45, 2.75) is 39.3 Å². The SMILES string of the molecule is CC(NC(=O)C1CC(=O)N(c2ccc3c(c2)OCCO3)C1)C(=O)NC(C(=O)O)C(C)C. The third-order valence-corrected chi connectivity index (χ3v) is 5.32. The van der Waals surface area contributed by atoms with E-state index in [2.05, 4.69) is 10.6 Å². The van der Waals surface area contributed by atoms with Crippen molar-refractivity contribution in [3.63, 3.8) is 0 Å². The molecule has 1 aromatic carbocycles. The second-order valence-corrected chi connectivity index (χ2v) is 8.03. The van der Waals surface area contributed by atoms with Gasteiger partial charge in [-0.1, -0.05) is 13.8 Å². The zero-order valence-corrected chi connectivity index (χ0v) is 17.7. The molecular weight excluding hydrogens is 406 g/mol. The minimum absolute atomic E-state index is 0.0123. The second-order valence-electron chi connectivity index (χ2n) is 8.03. The lowest BCUT2D eigenvalue weighted by Crippen LogP contribution is -2.52. The molecule has 1 saturated heterocycles. The lowest BCUT2D eigenvalue weighted by Gasteiger charge is -2.23. The summed E-state index contributed by atoms with van der Waals surface area (Å²) in [6.45, 7) is 5.89. The van der Waals surface area contributed by atoms with Crippen molar-refractivity contribution in [1.82, 2.24) is 10.6 Å². The van der Waals surface area contributed by atoms with E-state index in [1.54, 1.807) is 32.0 Å². The van der Waals surface area contributed by atoms with E-state index >= 15 is 0 Å². The standard InChI is InChI=1S/C21H27N3O7/c1-11(2)18(21(28)29)23-19(26)12(3)22-20(27)13-8-17(25)24(10-13)14-4-5-15-16(9-14)31-7-6-30-15/h4-5,9,11-13,18H,6-8,10H2,1-3H3,(H,22,27)(H,23,26)(H,28,29). The van der Waals surface area contributed by atoms with Crippen LogP contribution in [0.2, 0.25) is 0 Å². The number of nitrogens with one attached hydrogen (secondary N) is 2. The molecule has 1 fully saturated rings. The van der Waals surface area contributed by atoms with Gasteiger partial charge in [0.2, 0.25) is 17.7 Å². The highest BCUT2D eigenvalue weighted by molar-refractivity contribution is 6.01. The molecule has 2 aliphatic heterocycles. The van der Waals surface area contributed by atoms with E-state index < -0.39 is 35.8 Å². The van der Waals surface area contributed by atoms with Gasteiger partial charge in [-0.15, -0.1) is 0 Å². The summed E-state index contributed by atoms with van der Waals surface area (Å²) in [5.74, 6) is -2.16. The summed E-state index contributed by atoms with van der Waals surface area (Å²) in [7, 11) is 0. The Labute approximate surface area is 179 Å². The number of hydrogen-bond acceptors (Lipinski definition) is 6. The summed E-state index contributed by atoms with van der Waals surface area (Å²) in [6.07, 6.45) is 0.0123. The summed E-state index contributed by atoms with van der Waals surface area (Å²) in [5, 5.41) is 14.2. The van der Waals surface area contributed by atoms with Crippen molar-refractivity contribution in [3.05, 3.63) is 18.2 Å². The Kier molecular flexibility index (Phi) is 6.67. The number of benzene rings is 1. The van der Waals surface area contributed by atoms with Crippen molar-refractivity contribution in [3.8, 4) is 11.5 Å². The molecule has 10 heteroatoms. The van der Waals surface area contributed by atoms with Crippen molar-refractivity contribution < 1.29 is 33.8 Å². The zero-order valence-electron chi connectivity index (χ0n) is 17.7. The summed E-state index contributed by atoms with van der Waals surface area (Å²) in [5.41, 5.74) is 0.608. The monoisotopic (exact) mass is 433 g/mol. The highest BCUT2D eigenvalue weighted by Crippen LogP contribution is 2.36. The van der Waals surface area contributed by atoms with Gasteiger partial charge in [0, 0.05) is 24.7 Å². The van der Waals surface area contributed by atoms with Crippen molar-refractivity contribution >= 4 is 29.4 Å². The van der Waals surface area contributed by atoms with Crippen molar-refractivity contribution in [2.24, 2.45) is 11.8 Å². The van der Waals surface area contributed by atoms with Crippen molar-refractivity contribution in [2.75, 3.05) is 24.7 Å². The molecule has 0 radical (unpaired) electrons. The van der Waals surface area contributed by atoms with Gasteiger partial charge in [0.25, 0.3) is 0 Å². The maximum Gasteiger partial charge on any atom is 0.326 e. The van der Waals surface area contributed by atoms with Gasteiger partial charge in [-0.05, 0) is 25.0 Å². The number of carboxylic acid groups (broad SMARTS) is 1. The van der Waals surface area contributed by atoms with E-state index in [0.29, 0.717) is 30.4 Å². The maximum atomic E-state index is 12.6. The Balaban J connectivity index is 1.60. The van der Waals surface area contributed by atoms with Gasteiger partial charge in [-0.25, -0.2) is 4.79 Å². The van der Waals surface area contributed by atoms with Crippen LogP contribution in [-0.4, -0.2) is 60.6 Å². The lowest BCUT2D eigenvalue weighted by molar-refractivity contribution is -0.143. The molecule has 0 spiro atoms. The van der Waals surface area contributed by atoms with Crippen LogP contribution in [0.15, 0.2) is 18.2 Å². The van der Waals surface area contributed by atoms with Crippen LogP contribution in [0.3, 0.4) is 0 Å². The fraction of sp³-hybridized carbons (Fsp3) is 0.524. The van der Waals surface area contributed by atoms with E-state index in [1.165, 1.54) is 11.8 Å². The first-order valence-electron chi connectivity index (χ1n) is 10.2. The minimum Gasteiger partial charge on any atom is -0.486 e. The summed E-state index contributed by atoms with van der Waals surface area (Å²) < 4.78 is 11.0. The average molecular weight is 433 g/mol. The number of ether oxygens (including phenoxy) is 2. The highest BCUT2D eigenvalue weighted by Gasteiger charge is 2.37. The number of fused-ring (bicyclic) bond motifs is 1. The highest BCUT2D eigenvalue weighted by atomic mass is 16.6. The largest absolute Gasteiger partial charge is 0.486 e. The molecule has 0 bridgehead atoms. The number of nitrogens with zero attached hydrogens (tertiary/aromatic N) is 1. The lowest BCUT2D eigenvalue weighted by atomic mass is 10.0. The molecule has 0 aromatic heterocycles. The van der Waals surface area contributed by atoms with Gasteiger partial charge in [-0.3, -0.25) is 14.4 Å². The van der Waals surface area contributed by atoms with Gasteiger partial charge >= 0.3 is 5.97 Å². The Hall–Kier alpha value is -3.30. The van der Waals surface area contributed by atoms with Crippen LogP contribution in [0.4, 0.5) is 5.69 Å². The molecule has 0 saturated carbocycles. The van der Waals surface area contributed by atoms with Gasteiger partial charge in [0.05, 0.1) is 5.92 Å². The Bertz CT molecular complexity index is 886. The maximum absolute atomic E-state index is 12.6. The number of aliphatic carboxylic acids is 1. The predicted octanol–water partition coefficient (Wildman–Crippen LogP) is 0.541. The van der Waals surface area contributed by atoms with Crippen molar-refractivity contribution in [1.29, 1.82) is 0 Å². The smallest absolute Gasteiger partial charge is 0.326 e. The molecule has 3 rings (SSSR count). The van der Waals surface area contributed by atoms with E-state index in [0.717, 1.165) is 0 Å². The third kappa shape index (κ3) is 5.07. The third-order valence-electron chi connectivity index (χ3n) is 5.32. The van der Waals surface area contributed by atoms with Crippen LogP contribution >= 0.6 is 0 Å². The zero-order chi connectivity index (χ0) is 22.7. The second kappa shape index (κ2) is 9.23. The van der Waals surface area contributed by atoms with E-state index in [1.807, 2.05) is 0 Å². The number of hydrogen-bond donors (Lipinski definition) is 3. The van der Waals surface area contributed by atoms with Crippen LogP contribution in [0.1, 0.15) is 27.2 Å². The molecule has 10 nitrogen and oxygen atoms in total. The molecule has 3 amide bonds. The van der Waals surface area contributed by atoms with E-state index in [9.17, 15) is 24.3 Å². The van der Waals surface area contributed by atoms with Gasteiger partial charge < -0.3 is 30.1 Å². The van der Waals surface area contributed by atoms with E-state index in [-0.39, 0.29) is 24.8 Å². The first-order valence-corrected chi connectivity index (χ1v) is 10.2. The molecule has 0 aliphatic carbocycles. The quantitative estimate of drug-likeness (QED) is 0.571. The molecule has 168 valence electrons. The fourth-order valence-electron chi connectivity index (χ4n) is 3.52. The Morgan fingerprint density at radius 1 is 1.10 bits per heavy atom. The van der Waals surface area contributed by atoms with Gasteiger partial charge in [0.15, 0.2) is 11.5 Å². The molecular formula is C21H27N3O7. The minimum atomic E-state index is -1.14. The molecule has 31 heavy (non-hydrogen) atoms. The molecule has 3 unspecified atom stereocenters. The number of amides is 3. The van der Waals surface area contributed by atoms with Crippen LogP contribution in [0, 0.1) is 11.8 Å². The topological polar surface area (TPSA) is 134 Å². The average Bonchev–Trinajstić information content (AvgIpc) is 3.12. The molecule has 3 atom stereocenters. The van der Waals surface area contributed by atoms with Gasteiger partial charge in [0.1, 0.15) is 25.3 Å². The van der Waals surface area contributed by atoms with Crippen LogP contribution in [-0.2, 0) is 19.2 Å². The molecule has 1 aromatic rings. The molecule has 2 aliphatic rings. The Morgan fingerprint density at radius 2 is 1.77 bits per heavy atom. The van der Waals surface area contributed by atoms with Gasteiger partial charge in [-0.2, -0.15) is 0 Å². The number of carbonyl (C=O) groups excluding carboxylic acids is 3. The first-order chi connectivity index (χ1) is 14.7. The number of carboxylic acids is 1. The molecule has 3 N–H and O–H groups in total. The van der Waals surface area contributed by atoms with E-state index in [4.69, 9.17) is 9.47 Å².